The van der Waals surface area contributed by atoms with Gasteiger partial charge in [0.25, 0.3) is 0 Å². The van der Waals surface area contributed by atoms with E-state index in [1.165, 1.54) is 25.2 Å². The minimum Gasteiger partial charge on any atom is -0.368 e. The molecule has 1 aliphatic heterocycles. The van der Waals surface area contributed by atoms with Gasteiger partial charge < -0.3 is 5.11 Å². The molecule has 0 radical (unpaired) electrons. The van der Waals surface area contributed by atoms with Crippen LogP contribution in [0.1, 0.15) is 0 Å². The number of rotatable bonds is 0. The van der Waals surface area contributed by atoms with E-state index < -0.39 is 6.23 Å². The van der Waals surface area contributed by atoms with Crippen molar-refractivity contribution in [3.63, 3.8) is 0 Å². The van der Waals surface area contributed by atoms with Crippen molar-refractivity contribution < 1.29 is 9.90 Å². The maximum Gasteiger partial charge on any atom is 0.342 e. The summed E-state index contributed by atoms with van der Waals surface area (Å²) in [6, 6.07) is -0.310. The Morgan fingerprint density at radius 3 is 2.80 bits per heavy atom. The molecule has 0 aromatic rings. The second-order valence-corrected chi connectivity index (χ2v) is 2.10. The van der Waals surface area contributed by atoms with E-state index in [0.717, 1.165) is 5.01 Å². The number of nitrogens with zero attached hydrogens (tertiary/aromatic N) is 3. The van der Waals surface area contributed by atoms with Crippen LogP contribution in [-0.2, 0) is 0 Å². The molecule has 1 atom stereocenters. The van der Waals surface area contributed by atoms with Gasteiger partial charge in [0, 0.05) is 14.1 Å². The van der Waals surface area contributed by atoms with Gasteiger partial charge in [-0.1, -0.05) is 0 Å². The van der Waals surface area contributed by atoms with E-state index in [-0.39, 0.29) is 6.03 Å². The molecule has 1 unspecified atom stereocenters. The van der Waals surface area contributed by atoms with Gasteiger partial charge in [-0.15, -0.1) is 0 Å². The van der Waals surface area contributed by atoms with Crippen molar-refractivity contribution in [2.45, 2.75) is 6.23 Å². The van der Waals surface area contributed by atoms with Crippen molar-refractivity contribution in [2.75, 3.05) is 14.1 Å². The number of carbonyl (C=O) groups excluding carboxylic acids is 1. The molecule has 5 heteroatoms. The van der Waals surface area contributed by atoms with Crippen LogP contribution >= 0.6 is 0 Å². The van der Waals surface area contributed by atoms with Gasteiger partial charge in [-0.3, -0.25) is 4.90 Å². The van der Waals surface area contributed by atoms with E-state index in [9.17, 15) is 4.79 Å². The number of aliphatic hydroxyl groups is 1. The Labute approximate surface area is 58.5 Å². The lowest BCUT2D eigenvalue weighted by Gasteiger charge is -2.27. The molecule has 0 bridgehead atoms. The lowest BCUT2D eigenvalue weighted by molar-refractivity contribution is 0.0745. The van der Waals surface area contributed by atoms with Gasteiger partial charge in [0.15, 0.2) is 6.23 Å². The normalized spacial score (nSPS) is 25.9. The smallest absolute Gasteiger partial charge is 0.342 e. The molecule has 56 valence electrons. The van der Waals surface area contributed by atoms with E-state index in [2.05, 4.69) is 5.10 Å². The summed E-state index contributed by atoms with van der Waals surface area (Å²) in [5, 5.41) is 13.8. The third-order valence-corrected chi connectivity index (χ3v) is 1.35. The number of aliphatic hydroxyl groups excluding tert-OH is 1. The Morgan fingerprint density at radius 2 is 2.30 bits per heavy atom. The van der Waals surface area contributed by atoms with E-state index in [1.807, 2.05) is 0 Å². The van der Waals surface area contributed by atoms with Crippen LogP contribution in [0.4, 0.5) is 4.79 Å². The second kappa shape index (κ2) is 2.26. The number of hydrogen-bond donors (Lipinski definition) is 1. The first-order valence-corrected chi connectivity index (χ1v) is 2.85. The summed E-state index contributed by atoms with van der Waals surface area (Å²) in [6.45, 7) is 0. The third kappa shape index (κ3) is 0.950. The topological polar surface area (TPSA) is 56.1 Å². The summed E-state index contributed by atoms with van der Waals surface area (Å²) in [5.74, 6) is 0. The van der Waals surface area contributed by atoms with Gasteiger partial charge in [-0.05, 0) is 0 Å². The highest BCUT2D eigenvalue weighted by atomic mass is 16.3. The van der Waals surface area contributed by atoms with E-state index in [0.29, 0.717) is 0 Å². The Kier molecular flexibility index (Phi) is 1.58. The highest BCUT2D eigenvalue weighted by Crippen LogP contribution is 2.02. The van der Waals surface area contributed by atoms with Gasteiger partial charge >= 0.3 is 6.03 Å². The number of hydrazone groups is 1. The molecule has 0 saturated carbocycles. The molecule has 2 amide bonds. The van der Waals surface area contributed by atoms with Gasteiger partial charge in [-0.2, -0.15) is 5.10 Å². The highest BCUT2D eigenvalue weighted by molar-refractivity contribution is 5.81. The van der Waals surface area contributed by atoms with Gasteiger partial charge in [-0.25, -0.2) is 9.80 Å². The molecule has 10 heavy (non-hydrogen) atoms. The molecule has 0 aromatic carbocycles. The van der Waals surface area contributed by atoms with Crippen LogP contribution < -0.4 is 0 Å². The number of urea groups is 1. The summed E-state index contributed by atoms with van der Waals surface area (Å²) in [5.41, 5.74) is 0. The van der Waals surface area contributed by atoms with Gasteiger partial charge in [0.2, 0.25) is 0 Å². The first-order valence-electron chi connectivity index (χ1n) is 2.85. The molecule has 0 fully saturated rings. The van der Waals surface area contributed by atoms with Gasteiger partial charge in [0.1, 0.15) is 0 Å². The average Bonchev–Trinajstić information content (AvgIpc) is 1.93. The van der Waals surface area contributed by atoms with E-state index in [4.69, 9.17) is 5.11 Å². The third-order valence-electron chi connectivity index (χ3n) is 1.35. The Balaban J connectivity index is 2.79. The molecule has 0 aliphatic carbocycles. The minimum absolute atomic E-state index is 0.310. The summed E-state index contributed by atoms with van der Waals surface area (Å²) in [7, 11) is 3.04. The Morgan fingerprint density at radius 1 is 1.70 bits per heavy atom. The SMILES string of the molecule is CN1N=CC(O)N(C)C1=O. The molecule has 1 N–H and O–H groups in total. The maximum absolute atomic E-state index is 10.9. The fourth-order valence-corrected chi connectivity index (χ4v) is 0.650. The fourth-order valence-electron chi connectivity index (χ4n) is 0.650. The molecule has 5 nitrogen and oxygen atoms in total. The molecule has 1 heterocycles. The summed E-state index contributed by atoms with van der Waals surface area (Å²) >= 11 is 0. The molecule has 1 aliphatic rings. The quantitative estimate of drug-likeness (QED) is 0.487. The van der Waals surface area contributed by atoms with Crippen LogP contribution in [0.2, 0.25) is 0 Å². The molecular formula is C5H9N3O2. The van der Waals surface area contributed by atoms with E-state index >= 15 is 0 Å². The zero-order chi connectivity index (χ0) is 7.72. The molecule has 1 rings (SSSR count). The molecule has 0 aromatic heterocycles. The van der Waals surface area contributed by atoms with Crippen LogP contribution in [0.3, 0.4) is 0 Å². The summed E-state index contributed by atoms with van der Waals surface area (Å²) in [4.78, 5) is 12.1. The summed E-state index contributed by atoms with van der Waals surface area (Å²) < 4.78 is 0. The van der Waals surface area contributed by atoms with Crippen LogP contribution in [0.5, 0.6) is 0 Å². The van der Waals surface area contributed by atoms with Crippen molar-refractivity contribution in [1.82, 2.24) is 9.91 Å². The summed E-state index contributed by atoms with van der Waals surface area (Å²) in [6.07, 6.45) is 0.408. The van der Waals surface area contributed by atoms with Crippen LogP contribution in [0.15, 0.2) is 5.10 Å². The molecular weight excluding hydrogens is 134 g/mol. The van der Waals surface area contributed by atoms with Crippen LogP contribution in [0, 0.1) is 0 Å². The second-order valence-electron chi connectivity index (χ2n) is 2.10. The monoisotopic (exact) mass is 143 g/mol. The maximum atomic E-state index is 10.9. The van der Waals surface area contributed by atoms with E-state index in [1.54, 1.807) is 0 Å². The van der Waals surface area contributed by atoms with Crippen molar-refractivity contribution in [3.8, 4) is 0 Å². The standard InChI is InChI=1S/C5H9N3O2/c1-7-4(9)3-6-8(2)5(7)10/h3-4,9H,1-2H3. The van der Waals surface area contributed by atoms with Crippen molar-refractivity contribution in [2.24, 2.45) is 5.10 Å². The minimum atomic E-state index is -0.885. The Bertz CT molecular complexity index is 180. The fraction of sp³-hybridized carbons (Fsp3) is 0.600. The zero-order valence-electron chi connectivity index (χ0n) is 5.85. The number of amides is 2. The zero-order valence-corrected chi connectivity index (χ0v) is 5.85. The largest absolute Gasteiger partial charge is 0.368 e. The predicted molar refractivity (Wildman–Crippen MR) is 35.4 cm³/mol. The first-order chi connectivity index (χ1) is 4.63. The number of carbonyl (C=O) groups is 1. The Hall–Kier alpha value is -1.10. The van der Waals surface area contributed by atoms with Gasteiger partial charge in [0.05, 0.1) is 6.21 Å². The first kappa shape index (κ1) is 7.01. The lowest BCUT2D eigenvalue weighted by atomic mass is 10.5. The highest BCUT2D eigenvalue weighted by Gasteiger charge is 2.22. The lowest BCUT2D eigenvalue weighted by Crippen LogP contribution is -2.47. The van der Waals surface area contributed by atoms with Crippen LogP contribution in [0.25, 0.3) is 0 Å². The molecule has 0 spiro atoms. The van der Waals surface area contributed by atoms with Crippen molar-refractivity contribution in [3.05, 3.63) is 0 Å². The molecule has 0 saturated heterocycles. The van der Waals surface area contributed by atoms with Crippen molar-refractivity contribution >= 4 is 12.2 Å². The predicted octanol–water partition coefficient (Wildman–Crippen LogP) is -0.712. The average molecular weight is 143 g/mol. The van der Waals surface area contributed by atoms with Crippen molar-refractivity contribution in [1.29, 1.82) is 0 Å². The van der Waals surface area contributed by atoms with Crippen LogP contribution in [-0.4, -0.2) is 47.6 Å². The number of hydrogen-bond acceptors (Lipinski definition) is 3.